The smallest absolute Gasteiger partial charge is 0.242 e. The lowest BCUT2D eigenvalue weighted by Crippen LogP contribution is -2.44. The molecule has 4 rings (SSSR count). The minimum Gasteiger partial charge on any atom is -0.344 e. The number of nitrogens with zero attached hydrogens (tertiary/aromatic N) is 1. The van der Waals surface area contributed by atoms with Crippen LogP contribution in [0.15, 0.2) is 91.0 Å². The van der Waals surface area contributed by atoms with Crippen molar-refractivity contribution < 1.29 is 4.79 Å². The summed E-state index contributed by atoms with van der Waals surface area (Å²) >= 11 is 0. The molecule has 1 aliphatic rings. The van der Waals surface area contributed by atoms with E-state index in [0.29, 0.717) is 0 Å². The minimum atomic E-state index is -0.258. The van der Waals surface area contributed by atoms with Crippen LogP contribution in [0.1, 0.15) is 48.0 Å². The molecule has 0 bridgehead atoms. The van der Waals surface area contributed by atoms with Gasteiger partial charge in [-0.15, -0.1) is 0 Å². The fourth-order valence-electron chi connectivity index (χ4n) is 4.21. The van der Waals surface area contributed by atoms with Crippen molar-refractivity contribution in [3.63, 3.8) is 0 Å². The van der Waals surface area contributed by atoms with E-state index >= 15 is 0 Å². The van der Waals surface area contributed by atoms with Gasteiger partial charge in [0.05, 0.1) is 6.04 Å². The molecule has 3 aromatic carbocycles. The maximum Gasteiger partial charge on any atom is 0.242 e. The SMILES string of the molecule is O=C(NC(c1ccccc1)c1ccccc1)[C@H](c1ccccc1)N1CCCCC1. The Morgan fingerprint density at radius 2 is 1.10 bits per heavy atom. The number of amides is 1. The van der Waals surface area contributed by atoms with Crippen molar-refractivity contribution in [2.24, 2.45) is 0 Å². The van der Waals surface area contributed by atoms with Crippen LogP contribution in [-0.4, -0.2) is 23.9 Å². The summed E-state index contributed by atoms with van der Waals surface area (Å²) in [6, 6.07) is 30.2. The third-order valence-corrected chi connectivity index (χ3v) is 5.67. The highest BCUT2D eigenvalue weighted by Gasteiger charge is 2.30. The van der Waals surface area contributed by atoms with Crippen LogP contribution in [0.2, 0.25) is 0 Å². The molecule has 0 radical (unpaired) electrons. The van der Waals surface area contributed by atoms with Gasteiger partial charge in [-0.05, 0) is 42.6 Å². The molecule has 1 heterocycles. The molecule has 0 aromatic heterocycles. The number of nitrogens with one attached hydrogen (secondary N) is 1. The third-order valence-electron chi connectivity index (χ3n) is 5.67. The molecule has 0 unspecified atom stereocenters. The molecule has 1 saturated heterocycles. The Morgan fingerprint density at radius 1 is 0.655 bits per heavy atom. The summed E-state index contributed by atoms with van der Waals surface area (Å²) in [5.74, 6) is 0.0656. The van der Waals surface area contributed by atoms with Crippen molar-refractivity contribution in [3.8, 4) is 0 Å². The highest BCUT2D eigenvalue weighted by Crippen LogP contribution is 2.28. The first-order chi connectivity index (χ1) is 14.3. The first-order valence-electron chi connectivity index (χ1n) is 10.5. The monoisotopic (exact) mass is 384 g/mol. The molecule has 1 fully saturated rings. The number of hydrogen-bond donors (Lipinski definition) is 1. The highest BCUT2D eigenvalue weighted by molar-refractivity contribution is 5.84. The Morgan fingerprint density at radius 3 is 1.59 bits per heavy atom. The number of carbonyl (C=O) groups excluding carboxylic acids is 1. The largest absolute Gasteiger partial charge is 0.344 e. The predicted octanol–water partition coefficient (Wildman–Crippen LogP) is 5.12. The highest BCUT2D eigenvalue weighted by atomic mass is 16.2. The molecule has 0 saturated carbocycles. The zero-order chi connectivity index (χ0) is 19.9. The van der Waals surface area contributed by atoms with Crippen molar-refractivity contribution in [2.75, 3.05) is 13.1 Å². The van der Waals surface area contributed by atoms with E-state index in [-0.39, 0.29) is 18.0 Å². The number of hydrogen-bond acceptors (Lipinski definition) is 2. The lowest BCUT2D eigenvalue weighted by Gasteiger charge is -2.35. The van der Waals surface area contributed by atoms with Crippen molar-refractivity contribution in [1.82, 2.24) is 10.2 Å². The Hall–Kier alpha value is -2.91. The lowest BCUT2D eigenvalue weighted by atomic mass is 9.96. The summed E-state index contributed by atoms with van der Waals surface area (Å²) in [7, 11) is 0. The fraction of sp³-hybridized carbons (Fsp3) is 0.269. The molecule has 1 atom stereocenters. The van der Waals surface area contributed by atoms with E-state index < -0.39 is 0 Å². The molecule has 3 heteroatoms. The van der Waals surface area contributed by atoms with E-state index in [0.717, 1.165) is 42.6 Å². The molecular weight excluding hydrogens is 356 g/mol. The number of piperidine rings is 1. The molecule has 1 N–H and O–H groups in total. The van der Waals surface area contributed by atoms with Crippen LogP contribution in [0, 0.1) is 0 Å². The second-order valence-electron chi connectivity index (χ2n) is 7.67. The quantitative estimate of drug-likeness (QED) is 0.640. The predicted molar refractivity (Wildman–Crippen MR) is 117 cm³/mol. The second-order valence-corrected chi connectivity index (χ2v) is 7.67. The van der Waals surface area contributed by atoms with Gasteiger partial charge in [0.15, 0.2) is 0 Å². The topological polar surface area (TPSA) is 32.3 Å². The van der Waals surface area contributed by atoms with Gasteiger partial charge in [-0.1, -0.05) is 97.4 Å². The Kier molecular flexibility index (Phi) is 6.38. The maximum atomic E-state index is 13.6. The summed E-state index contributed by atoms with van der Waals surface area (Å²) < 4.78 is 0. The number of benzene rings is 3. The third kappa shape index (κ3) is 4.75. The molecule has 0 spiro atoms. The second kappa shape index (κ2) is 9.53. The molecule has 29 heavy (non-hydrogen) atoms. The minimum absolute atomic E-state index is 0.0656. The van der Waals surface area contributed by atoms with Crippen LogP contribution in [0.5, 0.6) is 0 Å². The maximum absolute atomic E-state index is 13.6. The molecule has 0 aliphatic carbocycles. The average molecular weight is 385 g/mol. The van der Waals surface area contributed by atoms with Crippen LogP contribution >= 0.6 is 0 Å². The Balaban J connectivity index is 1.65. The average Bonchev–Trinajstić information content (AvgIpc) is 2.80. The standard InChI is InChI=1S/C26H28N2O/c29-26(25(23-17-9-3-10-18-23)28-19-11-4-12-20-28)27-24(21-13-5-1-6-14-21)22-15-7-2-8-16-22/h1-3,5-10,13-18,24-25H,4,11-12,19-20H2,(H,27,29)/t25-/m0/s1. The summed E-state index contributed by atoms with van der Waals surface area (Å²) in [6.45, 7) is 1.93. The molecule has 3 aromatic rings. The molecule has 1 aliphatic heterocycles. The van der Waals surface area contributed by atoms with Gasteiger partial charge in [-0.3, -0.25) is 9.69 Å². The van der Waals surface area contributed by atoms with Crippen LogP contribution in [0.25, 0.3) is 0 Å². The first-order valence-corrected chi connectivity index (χ1v) is 10.5. The van der Waals surface area contributed by atoms with Gasteiger partial charge in [0, 0.05) is 0 Å². The van der Waals surface area contributed by atoms with Gasteiger partial charge in [-0.25, -0.2) is 0 Å². The summed E-state index contributed by atoms with van der Waals surface area (Å²) in [5, 5.41) is 3.36. The van der Waals surface area contributed by atoms with Crippen molar-refractivity contribution in [3.05, 3.63) is 108 Å². The Labute approximate surface area is 173 Å². The summed E-state index contributed by atoms with van der Waals surface area (Å²) in [4.78, 5) is 16.0. The lowest BCUT2D eigenvalue weighted by molar-refractivity contribution is -0.127. The van der Waals surface area contributed by atoms with Crippen LogP contribution in [0.3, 0.4) is 0 Å². The molecule has 3 nitrogen and oxygen atoms in total. The zero-order valence-electron chi connectivity index (χ0n) is 16.7. The Bertz CT molecular complexity index is 850. The van der Waals surface area contributed by atoms with Gasteiger partial charge >= 0.3 is 0 Å². The molecule has 148 valence electrons. The van der Waals surface area contributed by atoms with Gasteiger partial charge in [0.25, 0.3) is 0 Å². The fourth-order valence-corrected chi connectivity index (χ4v) is 4.21. The first kappa shape index (κ1) is 19.4. The zero-order valence-corrected chi connectivity index (χ0v) is 16.7. The van der Waals surface area contributed by atoms with E-state index in [1.807, 2.05) is 54.6 Å². The summed E-state index contributed by atoms with van der Waals surface area (Å²) in [5.41, 5.74) is 3.25. The van der Waals surface area contributed by atoms with E-state index in [4.69, 9.17) is 0 Å². The van der Waals surface area contributed by atoms with Crippen LogP contribution < -0.4 is 5.32 Å². The van der Waals surface area contributed by atoms with Crippen molar-refractivity contribution in [2.45, 2.75) is 31.3 Å². The van der Waals surface area contributed by atoms with E-state index in [2.05, 4.69) is 46.6 Å². The van der Waals surface area contributed by atoms with Crippen LogP contribution in [0.4, 0.5) is 0 Å². The van der Waals surface area contributed by atoms with E-state index in [1.54, 1.807) is 0 Å². The van der Waals surface area contributed by atoms with Gasteiger partial charge in [-0.2, -0.15) is 0 Å². The number of likely N-dealkylation sites (tertiary alicyclic amines) is 1. The van der Waals surface area contributed by atoms with Gasteiger partial charge in [0.1, 0.15) is 6.04 Å². The number of rotatable bonds is 6. The number of carbonyl (C=O) groups is 1. The van der Waals surface area contributed by atoms with Gasteiger partial charge < -0.3 is 5.32 Å². The summed E-state index contributed by atoms with van der Waals surface area (Å²) in [6.07, 6.45) is 3.55. The molecule has 1 amide bonds. The van der Waals surface area contributed by atoms with E-state index in [9.17, 15) is 4.79 Å². The van der Waals surface area contributed by atoms with Gasteiger partial charge in [0.2, 0.25) is 5.91 Å². The molecular formula is C26H28N2O. The van der Waals surface area contributed by atoms with E-state index in [1.165, 1.54) is 6.42 Å². The van der Waals surface area contributed by atoms with Crippen LogP contribution in [-0.2, 0) is 4.79 Å². The van der Waals surface area contributed by atoms with Crippen molar-refractivity contribution >= 4 is 5.91 Å². The van der Waals surface area contributed by atoms with Crippen molar-refractivity contribution in [1.29, 1.82) is 0 Å². The normalized spacial score (nSPS) is 15.8.